The zero-order chi connectivity index (χ0) is 18.4. The van der Waals surface area contributed by atoms with Crippen molar-refractivity contribution in [2.75, 3.05) is 19.0 Å². The average Bonchev–Trinajstić information content (AvgIpc) is 2.66. The van der Waals surface area contributed by atoms with Crippen molar-refractivity contribution in [3.05, 3.63) is 59.7 Å². The summed E-state index contributed by atoms with van der Waals surface area (Å²) < 4.78 is 11.6. The van der Waals surface area contributed by atoms with Crippen LogP contribution in [-0.4, -0.2) is 29.8 Å². The number of hydrogen-bond acceptors (Lipinski definition) is 4. The Balaban J connectivity index is 1.92. The van der Waals surface area contributed by atoms with Crippen molar-refractivity contribution in [3.63, 3.8) is 0 Å². The minimum absolute atomic E-state index is 0.0475. The predicted molar refractivity (Wildman–Crippen MR) is 106 cm³/mol. The first-order valence-corrected chi connectivity index (χ1v) is 10.1. The molecule has 138 valence electrons. The van der Waals surface area contributed by atoms with E-state index in [9.17, 15) is 4.79 Å². The summed E-state index contributed by atoms with van der Waals surface area (Å²) in [5.41, 5.74) is 2.09. The second-order valence-electron chi connectivity index (χ2n) is 6.01. The maximum absolute atomic E-state index is 12.8. The number of carbonyl (C=O) groups is 1. The van der Waals surface area contributed by atoms with Gasteiger partial charge < -0.3 is 14.4 Å². The first-order valence-electron chi connectivity index (χ1n) is 9.08. The molecule has 1 aliphatic heterocycles. The summed E-state index contributed by atoms with van der Waals surface area (Å²) in [6.07, 6.45) is 0.564. The van der Waals surface area contributed by atoms with Crippen molar-refractivity contribution in [1.29, 1.82) is 0 Å². The Labute approximate surface area is 159 Å². The van der Waals surface area contributed by atoms with Crippen LogP contribution in [0.2, 0.25) is 0 Å². The molecule has 0 saturated carbocycles. The molecule has 1 unspecified atom stereocenters. The van der Waals surface area contributed by atoms with Gasteiger partial charge in [0.15, 0.2) is 0 Å². The van der Waals surface area contributed by atoms with Crippen LogP contribution in [0.25, 0.3) is 0 Å². The van der Waals surface area contributed by atoms with Gasteiger partial charge in [-0.1, -0.05) is 36.4 Å². The Morgan fingerprint density at radius 1 is 1.00 bits per heavy atom. The highest BCUT2D eigenvalue weighted by Crippen LogP contribution is 2.42. The van der Waals surface area contributed by atoms with Crippen molar-refractivity contribution in [3.8, 4) is 11.5 Å². The van der Waals surface area contributed by atoms with Gasteiger partial charge in [0, 0.05) is 23.3 Å². The molecule has 3 rings (SSSR count). The summed E-state index contributed by atoms with van der Waals surface area (Å²) in [6, 6.07) is 16.0. The molecule has 0 radical (unpaired) electrons. The Hall–Kier alpha value is -2.14. The fraction of sp³-hybridized carbons (Fsp3) is 0.381. The molecule has 1 fully saturated rings. The Kier molecular flexibility index (Phi) is 6.45. The molecule has 1 amide bonds. The topological polar surface area (TPSA) is 38.8 Å². The standard InChI is InChI=1S/C21H25NO3S/c1-3-24-18-11-7-5-9-16(18)15-22-20(23)13-14-26-21(22)17-10-6-8-12-19(17)25-4-2/h5-12,21H,3-4,13-15H2,1-2H3. The summed E-state index contributed by atoms with van der Waals surface area (Å²) in [7, 11) is 0. The second kappa shape index (κ2) is 8.99. The lowest BCUT2D eigenvalue weighted by Crippen LogP contribution is -2.37. The fourth-order valence-electron chi connectivity index (χ4n) is 3.14. The monoisotopic (exact) mass is 371 g/mol. The molecule has 1 aliphatic rings. The molecular weight excluding hydrogens is 346 g/mol. The van der Waals surface area contributed by atoms with Gasteiger partial charge in [-0.25, -0.2) is 0 Å². The van der Waals surface area contributed by atoms with Crippen LogP contribution >= 0.6 is 11.8 Å². The Bertz CT molecular complexity index is 750. The Morgan fingerprint density at radius 2 is 1.65 bits per heavy atom. The second-order valence-corrected chi connectivity index (χ2v) is 7.19. The maximum Gasteiger partial charge on any atom is 0.224 e. The number of para-hydroxylation sites is 2. The van der Waals surface area contributed by atoms with Crippen LogP contribution in [0.3, 0.4) is 0 Å². The van der Waals surface area contributed by atoms with Gasteiger partial charge in [-0.2, -0.15) is 0 Å². The van der Waals surface area contributed by atoms with Crippen molar-refractivity contribution in [1.82, 2.24) is 4.90 Å². The smallest absolute Gasteiger partial charge is 0.224 e. The summed E-state index contributed by atoms with van der Waals surface area (Å²) in [5, 5.41) is -0.0475. The van der Waals surface area contributed by atoms with E-state index in [4.69, 9.17) is 9.47 Å². The molecule has 1 saturated heterocycles. The normalized spacial score (nSPS) is 17.2. The van der Waals surface area contributed by atoms with E-state index in [2.05, 4.69) is 6.07 Å². The highest BCUT2D eigenvalue weighted by atomic mass is 32.2. The molecular formula is C21H25NO3S. The molecule has 1 heterocycles. The molecule has 26 heavy (non-hydrogen) atoms. The van der Waals surface area contributed by atoms with E-state index in [-0.39, 0.29) is 11.3 Å². The number of nitrogens with zero attached hydrogens (tertiary/aromatic N) is 1. The molecule has 4 nitrogen and oxygen atoms in total. The lowest BCUT2D eigenvalue weighted by Gasteiger charge is -2.36. The van der Waals surface area contributed by atoms with Gasteiger partial charge in [0.05, 0.1) is 19.8 Å². The quantitative estimate of drug-likeness (QED) is 0.710. The van der Waals surface area contributed by atoms with Gasteiger partial charge in [-0.15, -0.1) is 11.8 Å². The number of hydrogen-bond donors (Lipinski definition) is 0. The van der Waals surface area contributed by atoms with Gasteiger partial charge in [-0.3, -0.25) is 4.79 Å². The Morgan fingerprint density at radius 3 is 2.42 bits per heavy atom. The largest absolute Gasteiger partial charge is 0.494 e. The molecule has 2 aromatic rings. The zero-order valence-electron chi connectivity index (χ0n) is 15.3. The minimum Gasteiger partial charge on any atom is -0.494 e. The van der Waals surface area contributed by atoms with Gasteiger partial charge in [-0.05, 0) is 26.0 Å². The predicted octanol–water partition coefficient (Wildman–Crippen LogP) is 4.65. The number of ether oxygens (including phenoxy) is 2. The molecule has 1 atom stereocenters. The SMILES string of the molecule is CCOc1ccccc1CN1C(=O)CCSC1c1ccccc1OCC. The van der Waals surface area contributed by atoms with Gasteiger partial charge >= 0.3 is 0 Å². The lowest BCUT2D eigenvalue weighted by molar-refractivity contribution is -0.132. The first-order chi connectivity index (χ1) is 12.7. The van der Waals surface area contributed by atoms with E-state index in [0.717, 1.165) is 28.4 Å². The third-order valence-electron chi connectivity index (χ3n) is 4.29. The van der Waals surface area contributed by atoms with Gasteiger partial charge in [0.2, 0.25) is 5.91 Å². The zero-order valence-corrected chi connectivity index (χ0v) is 16.1. The van der Waals surface area contributed by atoms with Crippen molar-refractivity contribution < 1.29 is 14.3 Å². The van der Waals surface area contributed by atoms with Crippen LogP contribution < -0.4 is 9.47 Å². The van der Waals surface area contributed by atoms with Crippen molar-refractivity contribution in [2.24, 2.45) is 0 Å². The summed E-state index contributed by atoms with van der Waals surface area (Å²) >= 11 is 1.79. The van der Waals surface area contributed by atoms with Crippen LogP contribution in [0.1, 0.15) is 36.8 Å². The third-order valence-corrected chi connectivity index (χ3v) is 5.56. The third kappa shape index (κ3) is 4.15. The molecule has 5 heteroatoms. The van der Waals surface area contributed by atoms with Crippen LogP contribution in [0.5, 0.6) is 11.5 Å². The van der Waals surface area contributed by atoms with E-state index < -0.39 is 0 Å². The van der Waals surface area contributed by atoms with Gasteiger partial charge in [0.1, 0.15) is 16.9 Å². The van der Waals surface area contributed by atoms with Crippen LogP contribution in [-0.2, 0) is 11.3 Å². The molecule has 0 bridgehead atoms. The van der Waals surface area contributed by atoms with Crippen molar-refractivity contribution in [2.45, 2.75) is 32.2 Å². The lowest BCUT2D eigenvalue weighted by atomic mass is 10.1. The van der Waals surface area contributed by atoms with E-state index in [1.807, 2.05) is 61.2 Å². The van der Waals surface area contributed by atoms with Crippen LogP contribution in [0.15, 0.2) is 48.5 Å². The van der Waals surface area contributed by atoms with Gasteiger partial charge in [0.25, 0.3) is 0 Å². The van der Waals surface area contributed by atoms with Crippen molar-refractivity contribution >= 4 is 17.7 Å². The number of rotatable bonds is 7. The first kappa shape index (κ1) is 18.6. The number of carbonyl (C=O) groups excluding carboxylic acids is 1. The molecule has 2 aromatic carbocycles. The van der Waals surface area contributed by atoms with Crippen LogP contribution in [0, 0.1) is 0 Å². The number of thioether (sulfide) groups is 1. The maximum atomic E-state index is 12.8. The summed E-state index contributed by atoms with van der Waals surface area (Å²) in [4.78, 5) is 14.7. The van der Waals surface area contributed by atoms with E-state index in [0.29, 0.717) is 26.2 Å². The number of amides is 1. The minimum atomic E-state index is -0.0475. The average molecular weight is 372 g/mol. The summed E-state index contributed by atoms with van der Waals surface area (Å²) in [6.45, 7) is 5.70. The molecule has 0 aromatic heterocycles. The van der Waals surface area contributed by atoms with Crippen LogP contribution in [0.4, 0.5) is 0 Å². The number of benzene rings is 2. The fourth-order valence-corrected chi connectivity index (χ4v) is 4.40. The molecule has 0 spiro atoms. The van der Waals surface area contributed by atoms with E-state index in [1.165, 1.54) is 0 Å². The highest BCUT2D eigenvalue weighted by Gasteiger charge is 2.32. The molecule has 0 N–H and O–H groups in total. The highest BCUT2D eigenvalue weighted by molar-refractivity contribution is 7.99. The van der Waals surface area contributed by atoms with E-state index in [1.54, 1.807) is 11.8 Å². The van der Waals surface area contributed by atoms with E-state index >= 15 is 0 Å². The summed E-state index contributed by atoms with van der Waals surface area (Å²) in [5.74, 6) is 2.69. The molecule has 0 aliphatic carbocycles.